The summed E-state index contributed by atoms with van der Waals surface area (Å²) in [6.07, 6.45) is -5.16. The molecule has 29 heavy (non-hydrogen) atoms. The van der Waals surface area contributed by atoms with Gasteiger partial charge in [0.1, 0.15) is 23.9 Å². The van der Waals surface area contributed by atoms with Crippen molar-refractivity contribution in [3.8, 4) is 5.75 Å². The zero-order valence-corrected chi connectivity index (χ0v) is 15.2. The van der Waals surface area contributed by atoms with Crippen LogP contribution >= 0.6 is 0 Å². The van der Waals surface area contributed by atoms with Crippen LogP contribution in [0.15, 0.2) is 24.4 Å². The number of ether oxygens (including phenoxy) is 1. The quantitative estimate of drug-likeness (QED) is 0.779. The second kappa shape index (κ2) is 7.31. The maximum Gasteiger partial charge on any atom is 0.393 e. The van der Waals surface area contributed by atoms with Crippen molar-refractivity contribution < 1.29 is 31.5 Å². The molecule has 0 radical (unpaired) electrons. The molecule has 0 unspecified atom stereocenters. The molecule has 0 saturated carbocycles. The highest BCUT2D eigenvalue weighted by Crippen LogP contribution is 2.34. The summed E-state index contributed by atoms with van der Waals surface area (Å²) in [5.41, 5.74) is 0.478. The number of fused-ring (bicyclic) bond motifs is 2. The first kappa shape index (κ1) is 19.7. The van der Waals surface area contributed by atoms with Crippen LogP contribution in [0.5, 0.6) is 5.75 Å². The van der Waals surface area contributed by atoms with Crippen molar-refractivity contribution in [1.29, 1.82) is 0 Å². The van der Waals surface area contributed by atoms with Crippen molar-refractivity contribution in [2.75, 3.05) is 6.61 Å². The third kappa shape index (κ3) is 4.06. The average Bonchev–Trinajstić information content (AvgIpc) is 3.10. The van der Waals surface area contributed by atoms with Gasteiger partial charge in [0.25, 0.3) is 12.3 Å². The number of nitrogens with one attached hydrogen (secondary N) is 1. The summed E-state index contributed by atoms with van der Waals surface area (Å²) in [7, 11) is 0. The number of amides is 1. The minimum atomic E-state index is -4.28. The Hall–Kier alpha value is -2.65. The Balaban J connectivity index is 1.43. The lowest BCUT2D eigenvalue weighted by atomic mass is 9.99. The van der Waals surface area contributed by atoms with Crippen LogP contribution in [0.2, 0.25) is 0 Å². The highest BCUT2D eigenvalue weighted by atomic mass is 19.4. The molecule has 156 valence electrons. The van der Waals surface area contributed by atoms with E-state index >= 15 is 0 Å². The van der Waals surface area contributed by atoms with Crippen LogP contribution in [0.3, 0.4) is 0 Å². The molecule has 2 aliphatic rings. The molecule has 1 N–H and O–H groups in total. The normalized spacial score (nSPS) is 21.3. The van der Waals surface area contributed by atoms with Crippen molar-refractivity contribution >= 4 is 5.91 Å². The van der Waals surface area contributed by atoms with Gasteiger partial charge < -0.3 is 14.6 Å². The van der Waals surface area contributed by atoms with Gasteiger partial charge in [0.2, 0.25) is 0 Å². The summed E-state index contributed by atoms with van der Waals surface area (Å²) < 4.78 is 71.5. The Kier molecular flexibility index (Phi) is 4.95. The smallest absolute Gasteiger partial charge is 0.393 e. The molecule has 0 spiro atoms. The summed E-state index contributed by atoms with van der Waals surface area (Å²) >= 11 is 0. The van der Waals surface area contributed by atoms with Gasteiger partial charge >= 0.3 is 6.18 Å². The largest absolute Gasteiger partial charge is 0.491 e. The molecule has 5 nitrogen and oxygen atoms in total. The Morgan fingerprint density at radius 3 is 2.83 bits per heavy atom. The van der Waals surface area contributed by atoms with Gasteiger partial charge in [0.05, 0.1) is 12.0 Å². The predicted octanol–water partition coefficient (Wildman–Crippen LogP) is 3.68. The number of aromatic nitrogens is 2. The SMILES string of the molecule is O=C(N[C@H]1COc2ccc(C(F)F)cc2C1)c1cn2c(n1)CC[C@H](C(F)(F)F)C2. The molecule has 4 rings (SSSR count). The summed E-state index contributed by atoms with van der Waals surface area (Å²) in [5.74, 6) is -1.04. The van der Waals surface area contributed by atoms with Gasteiger partial charge in [-0.1, -0.05) is 0 Å². The molecule has 1 aromatic heterocycles. The maximum atomic E-state index is 12.9. The standard InChI is InChI=1S/C19H18F5N3O2/c20-17(21)10-1-3-15-11(5-10)6-13(9-29-15)25-18(28)14-8-27-7-12(19(22,23)24)2-4-16(27)26-14/h1,3,5,8,12-13,17H,2,4,6-7,9H2,(H,25,28)/t12-,13+/m0/s1. The molecule has 0 aliphatic carbocycles. The number of carbonyl (C=O) groups excluding carboxylic acids is 1. The van der Waals surface area contributed by atoms with Crippen LogP contribution in [0.1, 0.15) is 40.3 Å². The van der Waals surface area contributed by atoms with Crippen molar-refractivity contribution in [3.05, 3.63) is 47.0 Å². The topological polar surface area (TPSA) is 56.1 Å². The lowest BCUT2D eigenvalue weighted by molar-refractivity contribution is -0.182. The molecule has 2 aliphatic heterocycles. The van der Waals surface area contributed by atoms with Crippen molar-refractivity contribution in [2.24, 2.45) is 5.92 Å². The Morgan fingerprint density at radius 1 is 1.31 bits per heavy atom. The van der Waals surface area contributed by atoms with Gasteiger partial charge in [-0.05, 0) is 36.6 Å². The lowest BCUT2D eigenvalue weighted by Crippen LogP contribution is -2.42. The molecular formula is C19H18F5N3O2. The molecule has 0 saturated heterocycles. The van der Waals surface area contributed by atoms with Gasteiger partial charge in [0, 0.05) is 24.7 Å². The number of nitrogens with zero attached hydrogens (tertiary/aromatic N) is 2. The molecule has 1 amide bonds. The van der Waals surface area contributed by atoms with Crippen LogP contribution in [-0.4, -0.2) is 34.3 Å². The molecule has 2 atom stereocenters. The first-order chi connectivity index (χ1) is 13.7. The molecule has 2 aromatic rings. The highest BCUT2D eigenvalue weighted by molar-refractivity contribution is 5.92. The third-order valence-electron chi connectivity index (χ3n) is 5.27. The zero-order chi connectivity index (χ0) is 20.8. The van der Waals surface area contributed by atoms with Crippen LogP contribution in [0, 0.1) is 5.92 Å². The molecule has 0 bridgehead atoms. The molecule has 10 heteroatoms. The maximum absolute atomic E-state index is 12.9. The van der Waals surface area contributed by atoms with E-state index in [0.29, 0.717) is 23.6 Å². The van der Waals surface area contributed by atoms with E-state index < -0.39 is 30.5 Å². The van der Waals surface area contributed by atoms with Crippen molar-refractivity contribution in [3.63, 3.8) is 0 Å². The minimum Gasteiger partial charge on any atom is -0.491 e. The van der Waals surface area contributed by atoms with Gasteiger partial charge in [-0.3, -0.25) is 4.79 Å². The molecular weight excluding hydrogens is 397 g/mol. The number of aryl methyl sites for hydroxylation is 1. The number of carbonyl (C=O) groups is 1. The second-order valence-corrected chi connectivity index (χ2v) is 7.33. The van der Waals surface area contributed by atoms with E-state index in [1.165, 1.54) is 29.0 Å². The van der Waals surface area contributed by atoms with E-state index in [-0.39, 0.29) is 37.3 Å². The van der Waals surface area contributed by atoms with E-state index in [4.69, 9.17) is 4.74 Å². The zero-order valence-electron chi connectivity index (χ0n) is 15.2. The van der Waals surface area contributed by atoms with Crippen LogP contribution < -0.4 is 10.1 Å². The van der Waals surface area contributed by atoms with Gasteiger partial charge in [-0.15, -0.1) is 0 Å². The van der Waals surface area contributed by atoms with E-state index in [2.05, 4.69) is 10.3 Å². The number of hydrogen-bond donors (Lipinski definition) is 1. The van der Waals surface area contributed by atoms with Crippen molar-refractivity contribution in [2.45, 2.75) is 44.5 Å². The first-order valence-corrected chi connectivity index (χ1v) is 9.18. The van der Waals surface area contributed by atoms with Crippen LogP contribution in [-0.2, 0) is 19.4 Å². The monoisotopic (exact) mass is 415 g/mol. The first-order valence-electron chi connectivity index (χ1n) is 9.18. The van der Waals surface area contributed by atoms with E-state index in [1.54, 1.807) is 0 Å². The van der Waals surface area contributed by atoms with Gasteiger partial charge in [-0.25, -0.2) is 13.8 Å². The fourth-order valence-electron chi connectivity index (χ4n) is 3.72. The Morgan fingerprint density at radius 2 is 2.10 bits per heavy atom. The van der Waals surface area contributed by atoms with E-state index in [0.717, 1.165) is 0 Å². The summed E-state index contributed by atoms with van der Waals surface area (Å²) in [6.45, 7) is -0.0914. The number of halogens is 5. The molecule has 3 heterocycles. The van der Waals surface area contributed by atoms with E-state index in [1.807, 2.05) is 0 Å². The predicted molar refractivity (Wildman–Crippen MR) is 91.9 cm³/mol. The number of rotatable bonds is 3. The second-order valence-electron chi connectivity index (χ2n) is 7.33. The fourth-order valence-corrected chi connectivity index (χ4v) is 3.72. The fraction of sp³-hybridized carbons (Fsp3) is 0.474. The van der Waals surface area contributed by atoms with Crippen molar-refractivity contribution in [1.82, 2.24) is 14.9 Å². The number of imidazole rings is 1. The lowest BCUT2D eigenvalue weighted by Gasteiger charge is -2.26. The van der Waals surface area contributed by atoms with E-state index in [9.17, 15) is 26.7 Å². The van der Waals surface area contributed by atoms with Crippen LogP contribution in [0.4, 0.5) is 22.0 Å². The highest BCUT2D eigenvalue weighted by Gasteiger charge is 2.41. The van der Waals surface area contributed by atoms with Crippen LogP contribution in [0.25, 0.3) is 0 Å². The summed E-state index contributed by atoms with van der Waals surface area (Å²) in [5, 5.41) is 2.73. The minimum absolute atomic E-state index is 0.0370. The molecule has 1 aromatic carbocycles. The van der Waals surface area contributed by atoms with Gasteiger partial charge in [-0.2, -0.15) is 13.2 Å². The number of hydrogen-bond acceptors (Lipinski definition) is 3. The summed E-state index contributed by atoms with van der Waals surface area (Å²) in [6, 6.07) is 3.68. The Labute approximate surface area is 162 Å². The Bertz CT molecular complexity index is 925. The van der Waals surface area contributed by atoms with Gasteiger partial charge in [0.15, 0.2) is 0 Å². The molecule has 0 fully saturated rings. The average molecular weight is 415 g/mol. The third-order valence-corrected chi connectivity index (χ3v) is 5.27. The number of alkyl halides is 5. The number of benzene rings is 1. The summed E-state index contributed by atoms with van der Waals surface area (Å²) in [4.78, 5) is 16.7.